The number of nitrogens with zero attached hydrogens (tertiary/aromatic N) is 2. The summed E-state index contributed by atoms with van der Waals surface area (Å²) in [5, 5.41) is 0.444. The second-order valence-corrected chi connectivity index (χ2v) is 10.1. The van der Waals surface area contributed by atoms with Gasteiger partial charge in [0.1, 0.15) is 5.58 Å². The first-order valence-corrected chi connectivity index (χ1v) is 13.8. The lowest BCUT2D eigenvalue weighted by molar-refractivity contribution is 0.0708. The average molecular weight is 572 g/mol. The Hall–Kier alpha value is -2.84. The summed E-state index contributed by atoms with van der Waals surface area (Å²) in [5.74, 6) is 1.07. The summed E-state index contributed by atoms with van der Waals surface area (Å²) in [6.07, 6.45) is 3.18. The van der Waals surface area contributed by atoms with Gasteiger partial charge in [-0.1, -0.05) is 55.6 Å². The van der Waals surface area contributed by atoms with Crippen molar-refractivity contribution in [1.82, 2.24) is 9.80 Å². The average Bonchev–Trinajstić information content (AvgIpc) is 3.19. The van der Waals surface area contributed by atoms with Gasteiger partial charge in [0.05, 0.1) is 30.7 Å². The van der Waals surface area contributed by atoms with Gasteiger partial charge in [-0.3, -0.25) is 9.59 Å². The van der Waals surface area contributed by atoms with Crippen molar-refractivity contribution in [3.05, 3.63) is 68.0 Å². The number of methoxy groups -OCH3 is 1. The van der Waals surface area contributed by atoms with Crippen molar-refractivity contribution >= 4 is 32.8 Å². The Balaban J connectivity index is 1.79. The van der Waals surface area contributed by atoms with Gasteiger partial charge in [-0.25, -0.2) is 0 Å². The largest absolute Gasteiger partial charge is 0.493 e. The molecule has 0 radical (unpaired) electrons. The zero-order valence-electron chi connectivity index (χ0n) is 22.0. The van der Waals surface area contributed by atoms with Gasteiger partial charge >= 0.3 is 0 Å². The molecule has 1 aliphatic rings. The maximum absolute atomic E-state index is 13.8. The molecule has 0 aliphatic carbocycles. The SMILES string of the molecule is CCCCCOc1ccc(C2c3c(oc4ccc(Br)cc4c3=O)C(=O)N2CCN(CC)CC)cc1OC. The van der Waals surface area contributed by atoms with Gasteiger partial charge in [-0.05, 0) is 55.4 Å². The Morgan fingerprint density at radius 1 is 1.03 bits per heavy atom. The van der Waals surface area contributed by atoms with Gasteiger partial charge in [0.15, 0.2) is 16.9 Å². The molecule has 0 saturated heterocycles. The monoisotopic (exact) mass is 570 g/mol. The molecule has 3 aromatic rings. The molecule has 1 atom stereocenters. The molecule has 1 amide bonds. The number of unbranched alkanes of at least 4 members (excludes halogenated alkanes) is 2. The molecule has 37 heavy (non-hydrogen) atoms. The van der Waals surface area contributed by atoms with Crippen LogP contribution in [-0.2, 0) is 0 Å². The molecule has 8 heteroatoms. The zero-order valence-corrected chi connectivity index (χ0v) is 23.6. The molecule has 0 bridgehead atoms. The van der Waals surface area contributed by atoms with E-state index in [1.54, 1.807) is 30.2 Å². The van der Waals surface area contributed by atoms with Gasteiger partial charge in [-0.15, -0.1) is 0 Å². The molecule has 0 N–H and O–H groups in total. The molecular formula is C29H35BrN2O5. The number of amides is 1. The van der Waals surface area contributed by atoms with Crippen LogP contribution in [0.2, 0.25) is 0 Å². The zero-order chi connectivity index (χ0) is 26.5. The van der Waals surface area contributed by atoms with Crippen LogP contribution < -0.4 is 14.9 Å². The normalized spacial score (nSPS) is 15.0. The molecule has 2 aromatic carbocycles. The lowest BCUT2D eigenvalue weighted by Gasteiger charge is -2.28. The van der Waals surface area contributed by atoms with E-state index in [4.69, 9.17) is 13.9 Å². The predicted molar refractivity (Wildman–Crippen MR) is 149 cm³/mol. The van der Waals surface area contributed by atoms with Crippen molar-refractivity contribution in [1.29, 1.82) is 0 Å². The summed E-state index contributed by atoms with van der Waals surface area (Å²) in [6, 6.07) is 10.3. The molecule has 198 valence electrons. The van der Waals surface area contributed by atoms with Crippen LogP contribution in [0.5, 0.6) is 11.5 Å². The molecule has 1 aliphatic heterocycles. The third-order valence-electron chi connectivity index (χ3n) is 6.99. The van der Waals surface area contributed by atoms with E-state index in [1.807, 2.05) is 18.2 Å². The molecule has 2 heterocycles. The summed E-state index contributed by atoms with van der Waals surface area (Å²) in [6.45, 7) is 9.87. The van der Waals surface area contributed by atoms with E-state index in [0.29, 0.717) is 47.7 Å². The Labute approximate surface area is 226 Å². The molecule has 4 rings (SSSR count). The Bertz CT molecular complexity index is 1320. The van der Waals surface area contributed by atoms with E-state index in [0.717, 1.165) is 42.4 Å². The van der Waals surface area contributed by atoms with E-state index < -0.39 is 6.04 Å². The lowest BCUT2D eigenvalue weighted by atomic mass is 9.98. The quantitative estimate of drug-likeness (QED) is 0.248. The van der Waals surface area contributed by atoms with E-state index in [-0.39, 0.29) is 17.1 Å². The molecule has 1 unspecified atom stereocenters. The van der Waals surface area contributed by atoms with E-state index in [9.17, 15) is 9.59 Å². The van der Waals surface area contributed by atoms with Crippen molar-refractivity contribution in [3.8, 4) is 11.5 Å². The van der Waals surface area contributed by atoms with E-state index >= 15 is 0 Å². The van der Waals surface area contributed by atoms with Crippen molar-refractivity contribution in [2.45, 2.75) is 46.1 Å². The maximum Gasteiger partial charge on any atom is 0.290 e. The standard InChI is InChI=1S/C29H35BrN2O5/c1-5-8-9-16-36-23-12-10-19(17-24(23)35-4)26-25-27(33)21-18-20(30)11-13-22(21)37-28(25)29(34)32(26)15-14-31(6-2)7-3/h10-13,17-18,26H,5-9,14-16H2,1-4H3. The molecule has 0 spiro atoms. The van der Waals surface area contributed by atoms with Crippen molar-refractivity contribution < 1.29 is 18.7 Å². The molecule has 0 fully saturated rings. The first-order valence-electron chi connectivity index (χ1n) is 13.0. The fourth-order valence-corrected chi connectivity index (χ4v) is 5.23. The number of ether oxygens (including phenoxy) is 2. The Morgan fingerprint density at radius 2 is 1.81 bits per heavy atom. The molecule has 0 saturated carbocycles. The number of benzene rings is 2. The van der Waals surface area contributed by atoms with Crippen LogP contribution in [0, 0.1) is 0 Å². The number of rotatable bonds is 12. The number of carbonyl (C=O) groups is 1. The van der Waals surface area contributed by atoms with E-state index in [1.165, 1.54) is 0 Å². The Kier molecular flexibility index (Phi) is 8.92. The number of likely N-dealkylation sites (N-methyl/N-ethyl adjacent to an activating group) is 1. The van der Waals surface area contributed by atoms with Gasteiger partial charge in [0.25, 0.3) is 5.91 Å². The number of halogens is 1. The minimum absolute atomic E-state index is 0.114. The Morgan fingerprint density at radius 3 is 2.51 bits per heavy atom. The highest BCUT2D eigenvalue weighted by molar-refractivity contribution is 9.10. The van der Waals surface area contributed by atoms with Crippen molar-refractivity contribution in [3.63, 3.8) is 0 Å². The number of hydrogen-bond acceptors (Lipinski definition) is 6. The number of hydrogen-bond donors (Lipinski definition) is 0. The third kappa shape index (κ3) is 5.55. The first-order chi connectivity index (χ1) is 17.9. The van der Waals surface area contributed by atoms with Crippen molar-refractivity contribution in [2.75, 3.05) is 39.9 Å². The van der Waals surface area contributed by atoms with Crippen LogP contribution in [0.4, 0.5) is 0 Å². The number of fused-ring (bicyclic) bond motifs is 2. The summed E-state index contributed by atoms with van der Waals surface area (Å²) < 4.78 is 18.5. The van der Waals surface area contributed by atoms with Crippen LogP contribution >= 0.6 is 15.9 Å². The van der Waals surface area contributed by atoms with Crippen LogP contribution in [0.25, 0.3) is 11.0 Å². The van der Waals surface area contributed by atoms with Gasteiger partial charge in [-0.2, -0.15) is 0 Å². The van der Waals surface area contributed by atoms with Gasteiger partial charge in [0, 0.05) is 17.6 Å². The van der Waals surface area contributed by atoms with Gasteiger partial charge in [0.2, 0.25) is 5.76 Å². The highest BCUT2D eigenvalue weighted by atomic mass is 79.9. The van der Waals surface area contributed by atoms with Crippen LogP contribution in [0.15, 0.2) is 50.1 Å². The summed E-state index contributed by atoms with van der Waals surface area (Å²) in [7, 11) is 1.60. The van der Waals surface area contributed by atoms with Crippen LogP contribution in [0.3, 0.4) is 0 Å². The van der Waals surface area contributed by atoms with Crippen LogP contribution in [0.1, 0.15) is 67.8 Å². The summed E-state index contributed by atoms with van der Waals surface area (Å²) >= 11 is 3.45. The lowest BCUT2D eigenvalue weighted by Crippen LogP contribution is -2.37. The molecule has 1 aromatic heterocycles. The summed E-state index contributed by atoms with van der Waals surface area (Å²) in [4.78, 5) is 31.5. The highest BCUT2D eigenvalue weighted by Gasteiger charge is 2.43. The first kappa shape index (κ1) is 27.2. The topological polar surface area (TPSA) is 72.2 Å². The minimum Gasteiger partial charge on any atom is -0.493 e. The predicted octanol–water partition coefficient (Wildman–Crippen LogP) is 6.02. The fraction of sp³-hybridized carbons (Fsp3) is 0.448. The van der Waals surface area contributed by atoms with Crippen LogP contribution in [-0.4, -0.2) is 55.6 Å². The number of carbonyl (C=O) groups excluding carboxylic acids is 1. The smallest absolute Gasteiger partial charge is 0.290 e. The maximum atomic E-state index is 13.8. The summed E-state index contributed by atoms with van der Waals surface area (Å²) in [5.41, 5.74) is 1.36. The van der Waals surface area contributed by atoms with Crippen molar-refractivity contribution in [2.24, 2.45) is 0 Å². The fourth-order valence-electron chi connectivity index (χ4n) is 4.87. The molecular weight excluding hydrogens is 536 g/mol. The van der Waals surface area contributed by atoms with Gasteiger partial charge < -0.3 is 23.7 Å². The second-order valence-electron chi connectivity index (χ2n) is 9.21. The third-order valence-corrected chi connectivity index (χ3v) is 7.48. The highest BCUT2D eigenvalue weighted by Crippen LogP contribution is 2.41. The minimum atomic E-state index is -0.583. The molecule has 7 nitrogen and oxygen atoms in total. The second kappa shape index (κ2) is 12.1. The van der Waals surface area contributed by atoms with E-state index in [2.05, 4.69) is 41.6 Å².